The van der Waals surface area contributed by atoms with Crippen LogP contribution in [0.2, 0.25) is 0 Å². The maximum Gasteiger partial charge on any atom is 0.132 e. The average Bonchev–Trinajstić information content (AvgIpc) is 2.39. The van der Waals surface area contributed by atoms with Crippen LogP contribution in [0.1, 0.15) is 51.9 Å². The minimum absolute atomic E-state index is 0. The van der Waals surface area contributed by atoms with Crippen LogP contribution in [-0.2, 0) is 0 Å². The molecule has 110 valence electrons. The molecule has 0 saturated carbocycles. The van der Waals surface area contributed by atoms with E-state index in [1.807, 2.05) is 0 Å². The molecule has 1 nitrogen and oxygen atoms in total. The largest absolute Gasteiger partial charge is 0.296 e. The quantitative estimate of drug-likeness (QED) is 0.363. The summed E-state index contributed by atoms with van der Waals surface area (Å²) < 4.78 is 1.01. The fourth-order valence-electron chi connectivity index (χ4n) is 2.42. The van der Waals surface area contributed by atoms with Gasteiger partial charge in [0.05, 0.1) is 20.6 Å². The molecule has 0 aromatic heterocycles. The van der Waals surface area contributed by atoms with E-state index in [-0.39, 0.29) is 8.41 Å². The fourth-order valence-corrected chi connectivity index (χ4v) is 2.42. The molecule has 0 fully saturated rings. The van der Waals surface area contributed by atoms with E-state index in [0.29, 0.717) is 0 Å². The second-order valence-electron chi connectivity index (χ2n) is 5.87. The summed E-state index contributed by atoms with van der Waals surface area (Å²) in [6.45, 7) is 3.53. The number of benzene rings is 1. The lowest BCUT2D eigenvalue weighted by Gasteiger charge is -2.29. The normalized spacial score (nSPS) is 11.1. The van der Waals surface area contributed by atoms with E-state index in [0.717, 1.165) is 4.48 Å². The molecule has 0 amide bonds. The number of hydrogen-bond acceptors (Lipinski definition) is 0. The smallest absolute Gasteiger partial charge is 0.132 e. The zero-order chi connectivity index (χ0) is 13.3. The highest BCUT2D eigenvalue weighted by Gasteiger charge is 2.17. The monoisotopic (exact) mass is 263 g/mol. The first-order valence-electron chi connectivity index (χ1n) is 7.55. The van der Waals surface area contributed by atoms with E-state index in [9.17, 15) is 0 Å². The fraction of sp³-hybridized carbons (Fsp3) is 0.647. The third kappa shape index (κ3) is 7.42. The molecule has 0 bridgehead atoms. The molecule has 1 aromatic rings. The van der Waals surface area contributed by atoms with Crippen molar-refractivity contribution < 1.29 is 0 Å². The van der Waals surface area contributed by atoms with Gasteiger partial charge in [0.2, 0.25) is 0 Å². The number of rotatable bonds is 9. The summed E-state index contributed by atoms with van der Waals surface area (Å²) in [5.41, 5.74) is 1.42. The summed E-state index contributed by atoms with van der Waals surface area (Å²) in [5, 5.41) is 0. The van der Waals surface area contributed by atoms with Gasteiger partial charge < -0.3 is 0 Å². The minimum Gasteiger partial charge on any atom is -0.296 e. The van der Waals surface area contributed by atoms with Gasteiger partial charge in [-0.25, -0.2) is 0 Å². The highest BCUT2D eigenvalue weighted by Crippen LogP contribution is 2.19. The second-order valence-corrected chi connectivity index (χ2v) is 5.87. The van der Waals surface area contributed by atoms with Gasteiger partial charge in [-0.2, -0.15) is 0 Å². The van der Waals surface area contributed by atoms with Crippen molar-refractivity contribution in [3.63, 3.8) is 0 Å². The van der Waals surface area contributed by atoms with Crippen molar-refractivity contribution in [3.8, 4) is 0 Å². The predicted molar refractivity (Wildman–Crippen MR) is 94.3 cm³/mol. The molecule has 0 N–H and O–H groups in total. The van der Waals surface area contributed by atoms with E-state index in [1.165, 1.54) is 57.2 Å². The van der Waals surface area contributed by atoms with Crippen molar-refractivity contribution in [2.24, 2.45) is 0 Å². The van der Waals surface area contributed by atoms with E-state index < -0.39 is 0 Å². The summed E-state index contributed by atoms with van der Waals surface area (Å²) in [6.07, 6.45) is 9.74. The van der Waals surface area contributed by atoms with Crippen molar-refractivity contribution in [3.05, 3.63) is 30.3 Å². The SMILES string of the molecule is CCCCCCCCC[N+](C)(C)c1ccccc1.[BH4-]. The molecule has 2 heteroatoms. The Bertz CT molecular complexity index is 308. The molecule has 19 heavy (non-hydrogen) atoms. The van der Waals surface area contributed by atoms with Gasteiger partial charge in [0, 0.05) is 0 Å². The lowest BCUT2D eigenvalue weighted by molar-refractivity contribution is 0.381. The lowest BCUT2D eigenvalue weighted by Crippen LogP contribution is -2.41. The number of para-hydroxylation sites is 1. The van der Waals surface area contributed by atoms with E-state index in [1.54, 1.807) is 0 Å². The van der Waals surface area contributed by atoms with Crippen LogP contribution < -0.4 is 4.48 Å². The Kier molecular flexibility index (Phi) is 9.68. The Balaban J connectivity index is 0.00000324. The van der Waals surface area contributed by atoms with Gasteiger partial charge in [0.15, 0.2) is 0 Å². The summed E-state index contributed by atoms with van der Waals surface area (Å²) in [7, 11) is 4.62. The topological polar surface area (TPSA) is 0 Å². The van der Waals surface area contributed by atoms with Gasteiger partial charge in [-0.15, -0.1) is 0 Å². The van der Waals surface area contributed by atoms with Crippen LogP contribution in [0.25, 0.3) is 0 Å². The maximum absolute atomic E-state index is 2.31. The third-order valence-electron chi connectivity index (χ3n) is 3.78. The van der Waals surface area contributed by atoms with E-state index >= 15 is 0 Å². The molecule has 0 radical (unpaired) electrons. The van der Waals surface area contributed by atoms with Crippen molar-refractivity contribution in [2.75, 3.05) is 20.6 Å². The lowest BCUT2D eigenvalue weighted by atomic mass is 10.1. The van der Waals surface area contributed by atoms with Crippen LogP contribution >= 0.6 is 0 Å². The number of nitrogens with zero attached hydrogens (tertiary/aromatic N) is 1. The zero-order valence-electron chi connectivity index (χ0n) is 12.5. The van der Waals surface area contributed by atoms with Gasteiger partial charge in [0.1, 0.15) is 5.69 Å². The van der Waals surface area contributed by atoms with Crippen LogP contribution in [0.5, 0.6) is 0 Å². The molecule has 0 heterocycles. The standard InChI is InChI=1S/C17H30N.BH4/c1-4-5-6-7-8-9-13-16-18(2,3)17-14-11-10-12-15-17;/h10-12,14-15H,4-9,13,16H2,1-3H3;1H4/q+1;-1. The third-order valence-corrected chi connectivity index (χ3v) is 3.78. The van der Waals surface area contributed by atoms with Crippen LogP contribution in [0.3, 0.4) is 0 Å². The molecule has 0 spiro atoms. The highest BCUT2D eigenvalue weighted by atomic mass is 15.3. The zero-order valence-corrected chi connectivity index (χ0v) is 12.5. The molecular formula is C17H34BN. The average molecular weight is 263 g/mol. The van der Waals surface area contributed by atoms with Crippen LogP contribution in [-0.4, -0.2) is 29.1 Å². The van der Waals surface area contributed by atoms with Gasteiger partial charge in [-0.05, 0) is 25.0 Å². The van der Waals surface area contributed by atoms with Crippen LogP contribution in [0, 0.1) is 0 Å². The number of quaternary nitrogens is 1. The molecule has 0 unspecified atom stereocenters. The second kappa shape index (κ2) is 10.1. The predicted octanol–water partition coefficient (Wildman–Crippen LogP) is 3.55. The number of unbranched alkanes of at least 4 members (excludes halogenated alkanes) is 6. The van der Waals surface area contributed by atoms with Gasteiger partial charge >= 0.3 is 0 Å². The molecule has 0 atom stereocenters. The Morgan fingerprint density at radius 1 is 0.789 bits per heavy atom. The van der Waals surface area contributed by atoms with E-state index in [4.69, 9.17) is 0 Å². The molecule has 0 saturated heterocycles. The van der Waals surface area contributed by atoms with Crippen molar-refractivity contribution in [1.82, 2.24) is 4.48 Å². The molecule has 1 aromatic carbocycles. The Morgan fingerprint density at radius 2 is 1.32 bits per heavy atom. The first-order chi connectivity index (χ1) is 8.67. The summed E-state index contributed by atoms with van der Waals surface area (Å²) in [4.78, 5) is 0. The molecule has 0 aliphatic rings. The molecule has 1 rings (SSSR count). The van der Waals surface area contributed by atoms with Crippen molar-refractivity contribution in [1.29, 1.82) is 0 Å². The number of hydrogen-bond donors (Lipinski definition) is 0. The maximum atomic E-state index is 2.31. The summed E-state index contributed by atoms with van der Waals surface area (Å²) in [6, 6.07) is 10.8. The summed E-state index contributed by atoms with van der Waals surface area (Å²) in [5.74, 6) is 0. The van der Waals surface area contributed by atoms with Crippen LogP contribution in [0.4, 0.5) is 5.69 Å². The Morgan fingerprint density at radius 3 is 1.89 bits per heavy atom. The molecule has 0 aliphatic carbocycles. The Hall–Kier alpha value is -0.755. The van der Waals surface area contributed by atoms with Gasteiger partial charge in [-0.1, -0.05) is 65.6 Å². The van der Waals surface area contributed by atoms with Crippen molar-refractivity contribution >= 4 is 14.1 Å². The Labute approximate surface area is 122 Å². The highest BCUT2D eigenvalue weighted by molar-refractivity contribution is 5.75. The van der Waals surface area contributed by atoms with Crippen LogP contribution in [0.15, 0.2) is 30.3 Å². The van der Waals surface area contributed by atoms with E-state index in [2.05, 4.69) is 51.4 Å². The first-order valence-corrected chi connectivity index (χ1v) is 7.55. The van der Waals surface area contributed by atoms with Crippen molar-refractivity contribution in [2.45, 2.75) is 51.9 Å². The molecular weight excluding hydrogens is 229 g/mol. The van der Waals surface area contributed by atoms with Gasteiger partial charge in [0.25, 0.3) is 0 Å². The first kappa shape index (κ1) is 18.2. The summed E-state index contributed by atoms with van der Waals surface area (Å²) >= 11 is 0. The molecule has 0 aliphatic heterocycles. The minimum atomic E-state index is 0. The van der Waals surface area contributed by atoms with Gasteiger partial charge in [-0.3, -0.25) is 4.48 Å².